The average molecular weight is 318 g/mol. The molecule has 5 heteroatoms. The molecule has 0 spiro atoms. The Morgan fingerprint density at radius 2 is 1.77 bits per heavy atom. The molecule has 3 rings (SSSR count). The molecule has 2 aromatic rings. The number of ether oxygens (including phenoxy) is 2. The van der Waals surface area contributed by atoms with E-state index in [0.29, 0.717) is 22.2 Å². The van der Waals surface area contributed by atoms with Gasteiger partial charge in [-0.1, -0.05) is 29.8 Å². The largest absolute Gasteiger partial charge is 0.482 e. The van der Waals surface area contributed by atoms with Gasteiger partial charge >= 0.3 is 0 Å². The highest BCUT2D eigenvalue weighted by Crippen LogP contribution is 2.34. The lowest BCUT2D eigenvalue weighted by Gasteiger charge is -2.31. The van der Waals surface area contributed by atoms with E-state index in [1.54, 1.807) is 24.3 Å². The lowest BCUT2D eigenvalue weighted by atomic mass is 10.1. The fraction of sp³-hybridized carbons (Fsp3) is 0.235. The van der Waals surface area contributed by atoms with Crippen LogP contribution in [0.1, 0.15) is 12.5 Å². The SMILES string of the molecule is Cc1c(Cl)cccc1NC(=O)[C@H]1Oc2ccccc2O[C@@H]1C. The fourth-order valence-electron chi connectivity index (χ4n) is 2.35. The minimum absolute atomic E-state index is 0.257. The Labute approximate surface area is 134 Å². The van der Waals surface area contributed by atoms with Crippen LogP contribution in [-0.4, -0.2) is 18.1 Å². The van der Waals surface area contributed by atoms with E-state index in [1.807, 2.05) is 32.0 Å². The van der Waals surface area contributed by atoms with Crippen molar-refractivity contribution >= 4 is 23.2 Å². The van der Waals surface area contributed by atoms with E-state index in [1.165, 1.54) is 0 Å². The number of amides is 1. The number of nitrogens with one attached hydrogen (secondary N) is 1. The van der Waals surface area contributed by atoms with E-state index in [0.717, 1.165) is 5.56 Å². The predicted octanol–water partition coefficient (Wildman–Crippen LogP) is 3.82. The van der Waals surface area contributed by atoms with Gasteiger partial charge in [0.15, 0.2) is 11.5 Å². The Bertz CT molecular complexity index is 717. The smallest absolute Gasteiger partial charge is 0.269 e. The summed E-state index contributed by atoms with van der Waals surface area (Å²) < 4.78 is 11.5. The minimum Gasteiger partial charge on any atom is -0.482 e. The molecule has 1 N–H and O–H groups in total. The monoisotopic (exact) mass is 317 g/mol. The average Bonchev–Trinajstić information content (AvgIpc) is 2.51. The summed E-state index contributed by atoms with van der Waals surface area (Å²) in [5.74, 6) is 0.967. The third-order valence-electron chi connectivity index (χ3n) is 3.63. The Kier molecular flexibility index (Phi) is 3.94. The molecular weight excluding hydrogens is 302 g/mol. The van der Waals surface area contributed by atoms with Crippen molar-refractivity contribution in [3.05, 3.63) is 53.1 Å². The van der Waals surface area contributed by atoms with Crippen molar-refractivity contribution in [1.29, 1.82) is 0 Å². The molecule has 0 radical (unpaired) electrons. The van der Waals surface area contributed by atoms with Crippen LogP contribution < -0.4 is 14.8 Å². The van der Waals surface area contributed by atoms with Gasteiger partial charge in [0.1, 0.15) is 6.10 Å². The van der Waals surface area contributed by atoms with Crippen LogP contribution in [-0.2, 0) is 4.79 Å². The molecule has 0 unspecified atom stereocenters. The number of hydrogen-bond donors (Lipinski definition) is 1. The van der Waals surface area contributed by atoms with Gasteiger partial charge in [0.25, 0.3) is 5.91 Å². The molecule has 2 atom stereocenters. The maximum Gasteiger partial charge on any atom is 0.269 e. The number of halogens is 1. The summed E-state index contributed by atoms with van der Waals surface area (Å²) in [6, 6.07) is 12.7. The molecule has 0 fully saturated rings. The molecule has 22 heavy (non-hydrogen) atoms. The number of para-hydroxylation sites is 2. The first-order valence-electron chi connectivity index (χ1n) is 7.04. The summed E-state index contributed by atoms with van der Waals surface area (Å²) in [5.41, 5.74) is 1.49. The fourth-order valence-corrected chi connectivity index (χ4v) is 2.53. The lowest BCUT2D eigenvalue weighted by Crippen LogP contribution is -2.46. The van der Waals surface area contributed by atoms with Crippen LogP contribution >= 0.6 is 11.6 Å². The van der Waals surface area contributed by atoms with Gasteiger partial charge in [0.2, 0.25) is 6.10 Å². The maximum atomic E-state index is 12.5. The normalized spacial score (nSPS) is 19.6. The van der Waals surface area contributed by atoms with Crippen molar-refractivity contribution in [2.75, 3.05) is 5.32 Å². The second-order valence-electron chi connectivity index (χ2n) is 5.21. The summed E-state index contributed by atoms with van der Waals surface area (Å²) in [7, 11) is 0. The van der Waals surface area contributed by atoms with Gasteiger partial charge < -0.3 is 14.8 Å². The molecule has 0 saturated carbocycles. The topological polar surface area (TPSA) is 47.6 Å². The molecule has 1 aliphatic heterocycles. The van der Waals surface area contributed by atoms with Crippen LogP contribution in [0.3, 0.4) is 0 Å². The summed E-state index contributed by atoms with van der Waals surface area (Å²) in [4.78, 5) is 12.5. The zero-order valence-electron chi connectivity index (χ0n) is 12.3. The van der Waals surface area contributed by atoms with E-state index < -0.39 is 6.10 Å². The van der Waals surface area contributed by atoms with Crippen molar-refractivity contribution < 1.29 is 14.3 Å². The van der Waals surface area contributed by atoms with Gasteiger partial charge in [0.05, 0.1) is 0 Å². The molecule has 2 aromatic carbocycles. The highest BCUT2D eigenvalue weighted by Gasteiger charge is 2.34. The molecule has 0 aliphatic carbocycles. The summed E-state index contributed by atoms with van der Waals surface area (Å²) in [5, 5.41) is 3.46. The van der Waals surface area contributed by atoms with Gasteiger partial charge in [-0.25, -0.2) is 0 Å². The third kappa shape index (κ3) is 2.74. The van der Waals surface area contributed by atoms with Crippen molar-refractivity contribution in [3.8, 4) is 11.5 Å². The van der Waals surface area contributed by atoms with E-state index >= 15 is 0 Å². The van der Waals surface area contributed by atoms with Crippen molar-refractivity contribution in [2.45, 2.75) is 26.1 Å². The molecular formula is C17H16ClNO3. The standard InChI is InChI=1S/C17H16ClNO3/c1-10-12(18)6-5-7-13(10)19-17(20)16-11(2)21-14-8-3-4-9-15(14)22-16/h3-9,11,16H,1-2H3,(H,19,20)/t11-,16+/m1/s1. The molecule has 1 aliphatic rings. The van der Waals surface area contributed by atoms with Gasteiger partial charge in [-0.2, -0.15) is 0 Å². The number of fused-ring (bicyclic) bond motifs is 1. The first kappa shape index (κ1) is 14.7. The van der Waals surface area contributed by atoms with Crippen molar-refractivity contribution in [1.82, 2.24) is 0 Å². The Morgan fingerprint density at radius 1 is 1.09 bits per heavy atom. The van der Waals surface area contributed by atoms with Gasteiger partial charge in [-0.3, -0.25) is 4.79 Å². The molecule has 0 saturated heterocycles. The van der Waals surface area contributed by atoms with Gasteiger partial charge in [-0.05, 0) is 43.7 Å². The highest BCUT2D eigenvalue weighted by molar-refractivity contribution is 6.31. The van der Waals surface area contributed by atoms with Crippen LogP contribution in [0.4, 0.5) is 5.69 Å². The Balaban J connectivity index is 1.80. The van der Waals surface area contributed by atoms with Crippen LogP contribution in [0.2, 0.25) is 5.02 Å². The van der Waals surface area contributed by atoms with E-state index in [2.05, 4.69) is 5.32 Å². The highest BCUT2D eigenvalue weighted by atomic mass is 35.5. The zero-order chi connectivity index (χ0) is 15.7. The van der Waals surface area contributed by atoms with Crippen LogP contribution in [0.25, 0.3) is 0 Å². The number of anilines is 1. The second kappa shape index (κ2) is 5.89. The number of benzene rings is 2. The van der Waals surface area contributed by atoms with Crippen LogP contribution in [0, 0.1) is 6.92 Å². The van der Waals surface area contributed by atoms with Gasteiger partial charge in [0, 0.05) is 10.7 Å². The number of carbonyl (C=O) groups excluding carboxylic acids is 1. The summed E-state index contributed by atoms with van der Waals surface area (Å²) >= 11 is 6.07. The first-order valence-corrected chi connectivity index (χ1v) is 7.42. The first-order chi connectivity index (χ1) is 10.6. The predicted molar refractivity (Wildman–Crippen MR) is 85.8 cm³/mol. The second-order valence-corrected chi connectivity index (χ2v) is 5.62. The quantitative estimate of drug-likeness (QED) is 0.916. The molecule has 1 heterocycles. The third-order valence-corrected chi connectivity index (χ3v) is 4.04. The molecule has 0 aromatic heterocycles. The van der Waals surface area contributed by atoms with Crippen molar-refractivity contribution in [2.24, 2.45) is 0 Å². The number of carbonyl (C=O) groups is 1. The Hall–Kier alpha value is -2.20. The lowest BCUT2D eigenvalue weighted by molar-refractivity contribution is -0.128. The van der Waals surface area contributed by atoms with E-state index in [4.69, 9.17) is 21.1 Å². The maximum absolute atomic E-state index is 12.5. The number of hydrogen-bond acceptors (Lipinski definition) is 3. The summed E-state index contributed by atoms with van der Waals surface area (Å²) in [6.45, 7) is 3.67. The number of rotatable bonds is 2. The summed E-state index contributed by atoms with van der Waals surface area (Å²) in [6.07, 6.45) is -1.09. The molecule has 4 nitrogen and oxygen atoms in total. The van der Waals surface area contributed by atoms with E-state index in [-0.39, 0.29) is 12.0 Å². The van der Waals surface area contributed by atoms with Crippen molar-refractivity contribution in [3.63, 3.8) is 0 Å². The van der Waals surface area contributed by atoms with Gasteiger partial charge in [-0.15, -0.1) is 0 Å². The molecule has 0 bridgehead atoms. The Morgan fingerprint density at radius 3 is 2.50 bits per heavy atom. The van der Waals surface area contributed by atoms with Crippen LogP contribution in [0.5, 0.6) is 11.5 Å². The minimum atomic E-state index is -0.715. The zero-order valence-corrected chi connectivity index (χ0v) is 13.1. The molecule has 114 valence electrons. The van der Waals surface area contributed by atoms with Crippen LogP contribution in [0.15, 0.2) is 42.5 Å². The molecule has 1 amide bonds. The van der Waals surface area contributed by atoms with E-state index in [9.17, 15) is 4.79 Å².